The number of aromatic hydroxyl groups is 1. The molecule has 0 fully saturated rings. The van der Waals surface area contributed by atoms with Gasteiger partial charge in [0, 0.05) is 9.86 Å². The van der Waals surface area contributed by atoms with Crippen LogP contribution in [0.5, 0.6) is 5.75 Å². The first kappa shape index (κ1) is 9.03. The highest BCUT2D eigenvalue weighted by molar-refractivity contribution is 9.11. The van der Waals surface area contributed by atoms with E-state index in [1.165, 1.54) is 0 Å². The van der Waals surface area contributed by atoms with Gasteiger partial charge in [0.15, 0.2) is 0 Å². The zero-order valence-corrected chi connectivity index (χ0v) is 9.76. The monoisotopic (exact) mass is 300 g/mol. The number of halogens is 2. The highest BCUT2D eigenvalue weighted by Gasteiger charge is 2.06. The maximum atomic E-state index is 9.52. The van der Waals surface area contributed by atoms with Gasteiger partial charge in [-0.2, -0.15) is 0 Å². The molecular weight excluding hydrogens is 296 g/mol. The minimum absolute atomic E-state index is 0.255. The van der Waals surface area contributed by atoms with Crippen molar-refractivity contribution in [3.8, 4) is 5.75 Å². The Hall–Kier alpha value is -0.540. The summed E-state index contributed by atoms with van der Waals surface area (Å²) in [6.07, 6.45) is 0. The van der Waals surface area contributed by atoms with E-state index in [1.54, 1.807) is 6.07 Å². The molecule has 0 unspecified atom stereocenters. The second-order valence-corrected chi connectivity index (χ2v) is 4.38. The van der Waals surface area contributed by atoms with E-state index in [1.807, 2.05) is 24.3 Å². The van der Waals surface area contributed by atoms with Gasteiger partial charge in [-0.05, 0) is 27.4 Å². The van der Waals surface area contributed by atoms with Gasteiger partial charge in [0.2, 0.25) is 0 Å². The van der Waals surface area contributed by atoms with Crippen molar-refractivity contribution in [2.45, 2.75) is 0 Å². The minimum atomic E-state index is 0.255. The fourth-order valence-electron chi connectivity index (χ4n) is 1.28. The third kappa shape index (κ3) is 1.46. The summed E-state index contributed by atoms with van der Waals surface area (Å²) in [7, 11) is 0. The molecule has 13 heavy (non-hydrogen) atoms. The molecule has 0 heterocycles. The summed E-state index contributed by atoms with van der Waals surface area (Å²) >= 11 is 6.75. The van der Waals surface area contributed by atoms with Crippen molar-refractivity contribution in [2.75, 3.05) is 0 Å². The number of hydrogen-bond donors (Lipinski definition) is 1. The van der Waals surface area contributed by atoms with Crippen LogP contribution in [-0.4, -0.2) is 5.11 Å². The quantitative estimate of drug-likeness (QED) is 0.778. The zero-order chi connectivity index (χ0) is 9.42. The Morgan fingerprint density at radius 1 is 1.00 bits per heavy atom. The van der Waals surface area contributed by atoms with Gasteiger partial charge in [0.1, 0.15) is 5.75 Å². The van der Waals surface area contributed by atoms with Gasteiger partial charge >= 0.3 is 0 Å². The van der Waals surface area contributed by atoms with Crippen LogP contribution in [0.15, 0.2) is 39.3 Å². The molecule has 66 valence electrons. The number of hydrogen-bond acceptors (Lipinski definition) is 1. The topological polar surface area (TPSA) is 20.2 Å². The summed E-state index contributed by atoms with van der Waals surface area (Å²) in [5.41, 5.74) is 0. The standard InChI is InChI=1S/C10H6Br2O/c11-8-5-9(13)10(12)7-4-2-1-3-6(7)8/h1-5,13H. The smallest absolute Gasteiger partial charge is 0.131 e. The number of phenols is 1. The van der Waals surface area contributed by atoms with Crippen molar-refractivity contribution in [1.29, 1.82) is 0 Å². The summed E-state index contributed by atoms with van der Waals surface area (Å²) in [5.74, 6) is 0.255. The molecule has 2 aromatic carbocycles. The molecule has 3 heteroatoms. The first-order chi connectivity index (χ1) is 6.20. The van der Waals surface area contributed by atoms with Crippen LogP contribution in [0.4, 0.5) is 0 Å². The molecule has 0 aliphatic carbocycles. The lowest BCUT2D eigenvalue weighted by Gasteiger charge is -2.04. The minimum Gasteiger partial charge on any atom is -0.507 e. The Morgan fingerprint density at radius 2 is 1.62 bits per heavy atom. The molecule has 0 saturated heterocycles. The van der Waals surface area contributed by atoms with Gasteiger partial charge in [0.25, 0.3) is 0 Å². The first-order valence-electron chi connectivity index (χ1n) is 3.76. The highest BCUT2D eigenvalue weighted by atomic mass is 79.9. The predicted molar refractivity (Wildman–Crippen MR) is 61.0 cm³/mol. The van der Waals surface area contributed by atoms with E-state index in [9.17, 15) is 5.11 Å². The molecular formula is C10H6Br2O. The van der Waals surface area contributed by atoms with Crippen LogP contribution in [0.1, 0.15) is 0 Å². The van der Waals surface area contributed by atoms with Crippen LogP contribution in [0.25, 0.3) is 10.8 Å². The van der Waals surface area contributed by atoms with Gasteiger partial charge in [0.05, 0.1) is 4.47 Å². The van der Waals surface area contributed by atoms with Crippen LogP contribution in [0, 0.1) is 0 Å². The van der Waals surface area contributed by atoms with E-state index in [0.29, 0.717) is 0 Å². The molecule has 0 aliphatic heterocycles. The van der Waals surface area contributed by atoms with Crippen molar-refractivity contribution in [3.05, 3.63) is 39.3 Å². The van der Waals surface area contributed by atoms with E-state index in [2.05, 4.69) is 31.9 Å². The summed E-state index contributed by atoms with van der Waals surface area (Å²) in [6.45, 7) is 0. The Labute approximate surface area is 92.6 Å². The predicted octanol–water partition coefficient (Wildman–Crippen LogP) is 4.07. The molecule has 0 spiro atoms. The second kappa shape index (κ2) is 3.31. The van der Waals surface area contributed by atoms with Crippen LogP contribution < -0.4 is 0 Å². The van der Waals surface area contributed by atoms with E-state index >= 15 is 0 Å². The molecule has 2 aromatic rings. The van der Waals surface area contributed by atoms with Crippen LogP contribution in [-0.2, 0) is 0 Å². The van der Waals surface area contributed by atoms with E-state index in [-0.39, 0.29) is 5.75 Å². The number of fused-ring (bicyclic) bond motifs is 1. The Kier molecular flexibility index (Phi) is 2.30. The molecule has 2 rings (SSSR count). The molecule has 0 aliphatic rings. The molecule has 1 N–H and O–H groups in total. The van der Waals surface area contributed by atoms with Crippen LogP contribution in [0.3, 0.4) is 0 Å². The lowest BCUT2D eigenvalue weighted by molar-refractivity contribution is 0.472. The molecule has 0 atom stereocenters. The van der Waals surface area contributed by atoms with E-state index in [4.69, 9.17) is 0 Å². The van der Waals surface area contributed by atoms with Crippen molar-refractivity contribution >= 4 is 42.6 Å². The lowest BCUT2D eigenvalue weighted by atomic mass is 10.1. The lowest BCUT2D eigenvalue weighted by Crippen LogP contribution is -1.77. The number of benzene rings is 2. The normalized spacial score (nSPS) is 10.6. The summed E-state index contributed by atoms with van der Waals surface area (Å²) < 4.78 is 1.65. The van der Waals surface area contributed by atoms with Crippen molar-refractivity contribution in [1.82, 2.24) is 0 Å². The average Bonchev–Trinajstić information content (AvgIpc) is 2.15. The molecule has 0 radical (unpaired) electrons. The number of phenolic OH excluding ortho intramolecular Hbond substituents is 1. The van der Waals surface area contributed by atoms with Crippen molar-refractivity contribution < 1.29 is 5.11 Å². The fraction of sp³-hybridized carbons (Fsp3) is 0. The maximum absolute atomic E-state index is 9.52. The Bertz CT molecular complexity index is 466. The van der Waals surface area contributed by atoms with Gasteiger partial charge in [-0.3, -0.25) is 0 Å². The zero-order valence-electron chi connectivity index (χ0n) is 6.59. The molecule has 0 saturated carbocycles. The Morgan fingerprint density at radius 3 is 2.31 bits per heavy atom. The largest absolute Gasteiger partial charge is 0.507 e. The summed E-state index contributed by atoms with van der Waals surface area (Å²) in [4.78, 5) is 0. The average molecular weight is 302 g/mol. The SMILES string of the molecule is Oc1cc(Br)c2ccccc2c1Br. The molecule has 1 nitrogen and oxygen atoms in total. The van der Waals surface area contributed by atoms with Crippen LogP contribution in [0.2, 0.25) is 0 Å². The third-order valence-electron chi connectivity index (χ3n) is 1.91. The van der Waals surface area contributed by atoms with Crippen molar-refractivity contribution in [2.24, 2.45) is 0 Å². The van der Waals surface area contributed by atoms with Gasteiger partial charge in [-0.1, -0.05) is 40.2 Å². The molecule has 0 amide bonds. The fourth-order valence-corrected chi connectivity index (χ4v) is 2.30. The van der Waals surface area contributed by atoms with Gasteiger partial charge in [-0.15, -0.1) is 0 Å². The third-order valence-corrected chi connectivity index (χ3v) is 3.40. The van der Waals surface area contributed by atoms with Crippen molar-refractivity contribution in [3.63, 3.8) is 0 Å². The van der Waals surface area contributed by atoms with E-state index < -0.39 is 0 Å². The van der Waals surface area contributed by atoms with Gasteiger partial charge in [-0.25, -0.2) is 0 Å². The molecule has 0 bridgehead atoms. The van der Waals surface area contributed by atoms with E-state index in [0.717, 1.165) is 19.7 Å². The number of rotatable bonds is 0. The summed E-state index contributed by atoms with van der Waals surface area (Å²) in [6, 6.07) is 9.56. The summed E-state index contributed by atoms with van der Waals surface area (Å²) in [5, 5.41) is 11.6. The second-order valence-electron chi connectivity index (χ2n) is 2.74. The molecule has 0 aromatic heterocycles. The van der Waals surface area contributed by atoms with Gasteiger partial charge < -0.3 is 5.11 Å². The van der Waals surface area contributed by atoms with Crippen LogP contribution >= 0.6 is 31.9 Å². The Balaban J connectivity index is 2.97. The first-order valence-corrected chi connectivity index (χ1v) is 5.34. The highest BCUT2D eigenvalue weighted by Crippen LogP contribution is 2.36. The maximum Gasteiger partial charge on any atom is 0.131 e.